The summed E-state index contributed by atoms with van der Waals surface area (Å²) in [5, 5.41) is 0.584. The highest BCUT2D eigenvalue weighted by Crippen LogP contribution is 2.16. The molecule has 0 atom stereocenters. The summed E-state index contributed by atoms with van der Waals surface area (Å²) in [5.41, 5.74) is 0.582. The molecule has 0 spiro atoms. The lowest BCUT2D eigenvalue weighted by atomic mass is 10.1. The third-order valence-corrected chi connectivity index (χ3v) is 6.01. The molecule has 162 valence electrons. The van der Waals surface area contributed by atoms with Gasteiger partial charge in [0, 0.05) is 58.4 Å². The first-order chi connectivity index (χ1) is 14.7. The molecular formula is C22H30N4O4. The third kappa shape index (κ3) is 5.06. The van der Waals surface area contributed by atoms with E-state index in [1.807, 2.05) is 23.1 Å². The number of amides is 1. The number of rotatable bonds is 7. The van der Waals surface area contributed by atoms with Crippen LogP contribution in [0, 0.1) is 0 Å². The van der Waals surface area contributed by atoms with Gasteiger partial charge in [0.1, 0.15) is 0 Å². The van der Waals surface area contributed by atoms with E-state index in [1.165, 1.54) is 0 Å². The number of carbonyl (C=O) groups excluding carboxylic acids is 1. The van der Waals surface area contributed by atoms with Crippen molar-refractivity contribution in [1.82, 2.24) is 19.4 Å². The summed E-state index contributed by atoms with van der Waals surface area (Å²) >= 11 is 0. The molecule has 0 unspecified atom stereocenters. The molecule has 0 N–H and O–H groups in total. The Bertz CT molecular complexity index is 903. The third-order valence-electron chi connectivity index (χ3n) is 6.01. The minimum absolute atomic E-state index is 0.0928. The van der Waals surface area contributed by atoms with E-state index >= 15 is 0 Å². The maximum absolute atomic E-state index is 13.2. The zero-order chi connectivity index (χ0) is 20.8. The first kappa shape index (κ1) is 21.0. The van der Waals surface area contributed by atoms with Crippen LogP contribution in [0.4, 0.5) is 0 Å². The highest BCUT2D eigenvalue weighted by molar-refractivity contribution is 5.77. The molecule has 2 saturated heterocycles. The summed E-state index contributed by atoms with van der Waals surface area (Å²) in [7, 11) is 0. The average Bonchev–Trinajstić information content (AvgIpc) is 2.80. The quantitative estimate of drug-likeness (QED) is 0.676. The standard InChI is InChI=1S/C22H30N4O4/c27-21(5-8-25-17-23-20-4-2-1-3-19(20)22(25)28)26(18-6-13-29-14-7-18)10-9-24-11-15-30-16-12-24/h1-4,17-18H,5-16H2. The fourth-order valence-electron chi connectivity index (χ4n) is 4.21. The fourth-order valence-corrected chi connectivity index (χ4v) is 4.21. The van der Waals surface area contributed by atoms with Crippen molar-refractivity contribution in [2.24, 2.45) is 0 Å². The Morgan fingerprint density at radius 2 is 1.80 bits per heavy atom. The highest BCUT2D eigenvalue weighted by Gasteiger charge is 2.26. The van der Waals surface area contributed by atoms with E-state index in [4.69, 9.17) is 9.47 Å². The minimum atomic E-state index is -0.0978. The largest absolute Gasteiger partial charge is 0.381 e. The van der Waals surface area contributed by atoms with Crippen molar-refractivity contribution in [2.75, 3.05) is 52.6 Å². The predicted octanol–water partition coefficient (Wildman–Crippen LogP) is 1.13. The number of ether oxygens (including phenoxy) is 2. The summed E-state index contributed by atoms with van der Waals surface area (Å²) < 4.78 is 12.5. The normalized spacial score (nSPS) is 18.5. The Morgan fingerprint density at radius 3 is 2.60 bits per heavy atom. The number of hydrogen-bond acceptors (Lipinski definition) is 6. The second kappa shape index (κ2) is 10.1. The smallest absolute Gasteiger partial charge is 0.261 e. The van der Waals surface area contributed by atoms with Gasteiger partial charge in [-0.05, 0) is 25.0 Å². The van der Waals surface area contributed by atoms with Crippen LogP contribution in [-0.2, 0) is 20.8 Å². The number of aromatic nitrogens is 2. The molecular weight excluding hydrogens is 384 g/mol. The van der Waals surface area contributed by atoms with Gasteiger partial charge in [0.2, 0.25) is 5.91 Å². The summed E-state index contributed by atoms with van der Waals surface area (Å²) in [6.07, 6.45) is 3.57. The van der Waals surface area contributed by atoms with E-state index in [2.05, 4.69) is 9.88 Å². The van der Waals surface area contributed by atoms with Crippen molar-refractivity contribution in [3.63, 3.8) is 0 Å². The number of fused-ring (bicyclic) bond motifs is 1. The predicted molar refractivity (Wildman–Crippen MR) is 113 cm³/mol. The summed E-state index contributed by atoms with van der Waals surface area (Å²) in [6.45, 7) is 6.61. The van der Waals surface area contributed by atoms with Crippen molar-refractivity contribution >= 4 is 16.8 Å². The molecule has 4 rings (SSSR count). The topological polar surface area (TPSA) is 76.9 Å². The Balaban J connectivity index is 1.41. The van der Waals surface area contributed by atoms with Crippen molar-refractivity contribution in [2.45, 2.75) is 31.8 Å². The number of aryl methyl sites for hydroxylation is 1. The van der Waals surface area contributed by atoms with Crippen LogP contribution in [0.25, 0.3) is 10.9 Å². The van der Waals surface area contributed by atoms with Crippen LogP contribution in [0.3, 0.4) is 0 Å². The molecule has 2 fully saturated rings. The summed E-state index contributed by atoms with van der Waals surface area (Å²) in [6, 6.07) is 7.51. The van der Waals surface area contributed by atoms with Gasteiger partial charge in [-0.1, -0.05) is 12.1 Å². The Hall–Kier alpha value is -2.29. The lowest BCUT2D eigenvalue weighted by Crippen LogP contribution is -2.48. The van der Waals surface area contributed by atoms with Crippen LogP contribution >= 0.6 is 0 Å². The van der Waals surface area contributed by atoms with Gasteiger partial charge in [-0.25, -0.2) is 4.98 Å². The van der Waals surface area contributed by atoms with E-state index in [0.29, 0.717) is 43.6 Å². The zero-order valence-electron chi connectivity index (χ0n) is 17.4. The second-order valence-corrected chi connectivity index (χ2v) is 7.89. The van der Waals surface area contributed by atoms with Gasteiger partial charge < -0.3 is 14.4 Å². The van der Waals surface area contributed by atoms with E-state index in [-0.39, 0.29) is 17.5 Å². The number of hydrogen-bond donors (Lipinski definition) is 0. The van der Waals surface area contributed by atoms with Gasteiger partial charge in [-0.2, -0.15) is 0 Å². The molecule has 8 heteroatoms. The van der Waals surface area contributed by atoms with Gasteiger partial charge in [-0.15, -0.1) is 0 Å². The van der Waals surface area contributed by atoms with E-state index in [0.717, 1.165) is 45.7 Å². The fraction of sp³-hybridized carbons (Fsp3) is 0.591. The van der Waals surface area contributed by atoms with Gasteiger partial charge >= 0.3 is 0 Å². The van der Waals surface area contributed by atoms with Gasteiger partial charge in [0.15, 0.2) is 0 Å². The first-order valence-electron chi connectivity index (χ1n) is 10.8. The monoisotopic (exact) mass is 414 g/mol. The molecule has 0 aliphatic carbocycles. The van der Waals surface area contributed by atoms with Crippen LogP contribution in [0.2, 0.25) is 0 Å². The van der Waals surface area contributed by atoms with E-state index in [1.54, 1.807) is 17.0 Å². The molecule has 2 aliphatic rings. The lowest BCUT2D eigenvalue weighted by molar-refractivity contribution is -0.136. The molecule has 1 aromatic carbocycles. The van der Waals surface area contributed by atoms with Gasteiger partial charge in [0.05, 0.1) is 30.4 Å². The van der Waals surface area contributed by atoms with Gasteiger partial charge in [0.25, 0.3) is 5.56 Å². The maximum atomic E-state index is 13.2. The van der Waals surface area contributed by atoms with Crippen molar-refractivity contribution in [3.05, 3.63) is 40.9 Å². The number of benzene rings is 1. The molecule has 3 heterocycles. The molecule has 8 nitrogen and oxygen atoms in total. The highest BCUT2D eigenvalue weighted by atomic mass is 16.5. The number of carbonyl (C=O) groups is 1. The number of nitrogens with zero attached hydrogens (tertiary/aromatic N) is 4. The molecule has 0 radical (unpaired) electrons. The van der Waals surface area contributed by atoms with Crippen LogP contribution in [-0.4, -0.2) is 83.9 Å². The van der Waals surface area contributed by atoms with Crippen LogP contribution < -0.4 is 5.56 Å². The Labute approximate surface area is 176 Å². The average molecular weight is 415 g/mol. The first-order valence-corrected chi connectivity index (χ1v) is 10.8. The van der Waals surface area contributed by atoms with E-state index < -0.39 is 0 Å². The van der Waals surface area contributed by atoms with Crippen LogP contribution in [0.1, 0.15) is 19.3 Å². The number of para-hydroxylation sites is 1. The second-order valence-electron chi connectivity index (χ2n) is 7.89. The summed E-state index contributed by atoms with van der Waals surface area (Å²) in [4.78, 5) is 34.6. The molecule has 2 aliphatic heterocycles. The van der Waals surface area contributed by atoms with Gasteiger partial charge in [-0.3, -0.25) is 19.1 Å². The van der Waals surface area contributed by atoms with Crippen LogP contribution in [0.5, 0.6) is 0 Å². The van der Waals surface area contributed by atoms with E-state index in [9.17, 15) is 9.59 Å². The molecule has 2 aromatic rings. The lowest BCUT2D eigenvalue weighted by Gasteiger charge is -2.36. The van der Waals surface area contributed by atoms with Crippen molar-refractivity contribution in [1.29, 1.82) is 0 Å². The molecule has 0 bridgehead atoms. The maximum Gasteiger partial charge on any atom is 0.261 e. The Morgan fingerprint density at radius 1 is 1.07 bits per heavy atom. The minimum Gasteiger partial charge on any atom is -0.381 e. The Kier molecular flexibility index (Phi) is 7.09. The number of morpholine rings is 1. The SMILES string of the molecule is O=C(CCn1cnc2ccccc2c1=O)N(CCN1CCOCC1)C1CCOCC1. The van der Waals surface area contributed by atoms with Crippen molar-refractivity contribution < 1.29 is 14.3 Å². The molecule has 30 heavy (non-hydrogen) atoms. The molecule has 0 saturated carbocycles. The zero-order valence-corrected chi connectivity index (χ0v) is 17.4. The van der Waals surface area contributed by atoms with Crippen molar-refractivity contribution in [3.8, 4) is 0 Å². The molecule has 1 amide bonds. The summed E-state index contributed by atoms with van der Waals surface area (Å²) in [5.74, 6) is 0.0928. The molecule has 1 aromatic heterocycles. The van der Waals surface area contributed by atoms with Crippen LogP contribution in [0.15, 0.2) is 35.4 Å².